The number of hydrogen-bond donors (Lipinski definition) is 1. The van der Waals surface area contributed by atoms with Crippen LogP contribution in [0.25, 0.3) is 0 Å². The Morgan fingerprint density at radius 3 is 2.64 bits per heavy atom. The molecular weight excluding hydrogens is 242 g/mol. The zero-order chi connectivity index (χ0) is 10.2. The molecule has 14 heavy (non-hydrogen) atoms. The Morgan fingerprint density at radius 2 is 2.29 bits per heavy atom. The number of nitrogens with two attached hydrogens (primary N) is 1. The highest BCUT2D eigenvalue weighted by atomic mass is 79.9. The summed E-state index contributed by atoms with van der Waals surface area (Å²) in [5.41, 5.74) is 5.98. The van der Waals surface area contributed by atoms with Gasteiger partial charge >= 0.3 is 0 Å². The van der Waals surface area contributed by atoms with E-state index in [4.69, 9.17) is 10.2 Å². The van der Waals surface area contributed by atoms with Crippen LogP contribution in [0.3, 0.4) is 0 Å². The molecule has 0 saturated heterocycles. The summed E-state index contributed by atoms with van der Waals surface area (Å²) in [5.74, 6) is 1.61. The largest absolute Gasteiger partial charge is 0.454 e. The molecule has 3 heteroatoms. The van der Waals surface area contributed by atoms with Crippen LogP contribution in [0.5, 0.6) is 0 Å². The second-order valence-corrected chi connectivity index (χ2v) is 5.03. The number of furan rings is 1. The van der Waals surface area contributed by atoms with E-state index in [1.807, 2.05) is 6.07 Å². The molecule has 0 radical (unpaired) electrons. The Labute approximate surface area is 93.0 Å². The van der Waals surface area contributed by atoms with Gasteiger partial charge in [-0.05, 0) is 53.4 Å². The molecule has 78 valence electrons. The average molecular weight is 258 g/mol. The van der Waals surface area contributed by atoms with Crippen LogP contribution >= 0.6 is 15.9 Å². The quantitative estimate of drug-likeness (QED) is 0.904. The van der Waals surface area contributed by atoms with Gasteiger partial charge in [0.15, 0.2) is 4.67 Å². The van der Waals surface area contributed by atoms with Crippen molar-refractivity contribution in [2.45, 2.75) is 31.6 Å². The van der Waals surface area contributed by atoms with E-state index in [9.17, 15) is 0 Å². The summed E-state index contributed by atoms with van der Waals surface area (Å²) in [7, 11) is 0. The lowest BCUT2D eigenvalue weighted by Crippen LogP contribution is -2.43. The van der Waals surface area contributed by atoms with E-state index in [0.717, 1.165) is 17.0 Å². The summed E-state index contributed by atoms with van der Waals surface area (Å²) in [6, 6.07) is 4.05. The SMILES string of the molecule is CC(CN)C1(c2ccc(Br)o2)CCC1. The first-order valence-electron chi connectivity index (χ1n) is 5.15. The third kappa shape index (κ3) is 1.43. The predicted octanol–water partition coefficient (Wildman–Crippen LogP) is 3.06. The van der Waals surface area contributed by atoms with Crippen LogP contribution in [0, 0.1) is 5.92 Å². The van der Waals surface area contributed by atoms with Crippen LogP contribution in [0.1, 0.15) is 31.9 Å². The molecule has 0 amide bonds. The molecule has 1 aromatic rings. The maximum Gasteiger partial charge on any atom is 0.169 e. The van der Waals surface area contributed by atoms with Crippen LogP contribution in [0.2, 0.25) is 0 Å². The molecule has 1 aliphatic rings. The van der Waals surface area contributed by atoms with Crippen molar-refractivity contribution in [3.63, 3.8) is 0 Å². The van der Waals surface area contributed by atoms with Gasteiger partial charge in [-0.1, -0.05) is 13.3 Å². The lowest BCUT2D eigenvalue weighted by atomic mass is 9.60. The van der Waals surface area contributed by atoms with E-state index in [1.165, 1.54) is 19.3 Å². The standard InChI is InChI=1S/C11H16BrNO/c1-8(7-13)11(5-2-6-11)9-3-4-10(12)14-9/h3-4,8H,2,5-7,13H2,1H3. The number of rotatable bonds is 3. The van der Waals surface area contributed by atoms with Crippen LogP contribution in [0.15, 0.2) is 21.2 Å². The highest BCUT2D eigenvalue weighted by Crippen LogP contribution is 2.49. The maximum atomic E-state index is 5.76. The second kappa shape index (κ2) is 3.70. The third-order valence-corrected chi connectivity index (χ3v) is 4.03. The Bertz CT molecular complexity index is 317. The lowest BCUT2D eigenvalue weighted by molar-refractivity contribution is 0.128. The predicted molar refractivity (Wildman–Crippen MR) is 60.2 cm³/mol. The zero-order valence-electron chi connectivity index (χ0n) is 8.42. The van der Waals surface area contributed by atoms with Crippen LogP contribution in [-0.4, -0.2) is 6.54 Å². The molecule has 2 N–H and O–H groups in total. The molecular formula is C11H16BrNO. The van der Waals surface area contributed by atoms with Crippen molar-refractivity contribution in [1.82, 2.24) is 0 Å². The molecule has 1 aromatic heterocycles. The summed E-state index contributed by atoms with van der Waals surface area (Å²) >= 11 is 3.35. The summed E-state index contributed by atoms with van der Waals surface area (Å²) in [4.78, 5) is 0. The summed E-state index contributed by atoms with van der Waals surface area (Å²) in [6.07, 6.45) is 3.72. The Balaban J connectivity index is 2.28. The lowest BCUT2D eigenvalue weighted by Gasteiger charge is -2.44. The third-order valence-electron chi connectivity index (χ3n) is 3.61. The van der Waals surface area contributed by atoms with Crippen molar-refractivity contribution < 1.29 is 4.42 Å². The minimum atomic E-state index is 0.223. The fourth-order valence-corrected chi connectivity index (χ4v) is 2.65. The van der Waals surface area contributed by atoms with E-state index in [0.29, 0.717) is 5.92 Å². The van der Waals surface area contributed by atoms with Crippen molar-refractivity contribution in [2.75, 3.05) is 6.54 Å². The topological polar surface area (TPSA) is 39.2 Å². The van der Waals surface area contributed by atoms with E-state index in [-0.39, 0.29) is 5.41 Å². The fourth-order valence-electron chi connectivity index (χ4n) is 2.35. The zero-order valence-corrected chi connectivity index (χ0v) is 10.0. The highest BCUT2D eigenvalue weighted by Gasteiger charge is 2.45. The molecule has 0 spiro atoms. The molecule has 2 nitrogen and oxygen atoms in total. The number of halogens is 1. The first-order chi connectivity index (χ1) is 6.69. The van der Waals surface area contributed by atoms with Gasteiger partial charge in [-0.2, -0.15) is 0 Å². The smallest absolute Gasteiger partial charge is 0.169 e. The monoisotopic (exact) mass is 257 g/mol. The summed E-state index contributed by atoms with van der Waals surface area (Å²) in [6.45, 7) is 2.95. The average Bonchev–Trinajstić information content (AvgIpc) is 2.50. The van der Waals surface area contributed by atoms with Gasteiger partial charge in [0.25, 0.3) is 0 Å². The van der Waals surface area contributed by atoms with Crippen molar-refractivity contribution >= 4 is 15.9 Å². The molecule has 1 unspecified atom stereocenters. The minimum absolute atomic E-state index is 0.223. The van der Waals surface area contributed by atoms with Crippen molar-refractivity contribution in [1.29, 1.82) is 0 Å². The summed E-state index contributed by atoms with van der Waals surface area (Å²) in [5, 5.41) is 0. The Kier molecular flexibility index (Phi) is 2.71. The van der Waals surface area contributed by atoms with E-state index >= 15 is 0 Å². The van der Waals surface area contributed by atoms with E-state index in [2.05, 4.69) is 28.9 Å². The van der Waals surface area contributed by atoms with Gasteiger partial charge in [0.1, 0.15) is 5.76 Å². The normalized spacial score (nSPS) is 21.6. The summed E-state index contributed by atoms with van der Waals surface area (Å²) < 4.78 is 6.50. The van der Waals surface area contributed by atoms with Crippen LogP contribution in [-0.2, 0) is 5.41 Å². The van der Waals surface area contributed by atoms with Crippen molar-refractivity contribution in [3.8, 4) is 0 Å². The van der Waals surface area contributed by atoms with Gasteiger partial charge in [-0.15, -0.1) is 0 Å². The molecule has 2 rings (SSSR count). The fraction of sp³-hybridized carbons (Fsp3) is 0.636. The van der Waals surface area contributed by atoms with E-state index in [1.54, 1.807) is 0 Å². The Morgan fingerprint density at radius 1 is 1.57 bits per heavy atom. The van der Waals surface area contributed by atoms with Gasteiger partial charge in [-0.25, -0.2) is 0 Å². The molecule has 1 fully saturated rings. The van der Waals surface area contributed by atoms with Gasteiger partial charge < -0.3 is 10.2 Å². The van der Waals surface area contributed by atoms with Gasteiger partial charge in [-0.3, -0.25) is 0 Å². The molecule has 0 aromatic carbocycles. The van der Waals surface area contributed by atoms with Crippen LogP contribution < -0.4 is 5.73 Å². The molecule has 1 saturated carbocycles. The minimum Gasteiger partial charge on any atom is -0.454 e. The molecule has 1 heterocycles. The Hall–Kier alpha value is -0.280. The second-order valence-electron chi connectivity index (χ2n) is 4.25. The van der Waals surface area contributed by atoms with Gasteiger partial charge in [0.05, 0.1) is 0 Å². The molecule has 1 aliphatic carbocycles. The van der Waals surface area contributed by atoms with Gasteiger partial charge in [0.2, 0.25) is 0 Å². The van der Waals surface area contributed by atoms with Gasteiger partial charge in [0, 0.05) is 5.41 Å². The molecule has 0 aliphatic heterocycles. The highest BCUT2D eigenvalue weighted by molar-refractivity contribution is 9.10. The first-order valence-corrected chi connectivity index (χ1v) is 5.94. The van der Waals surface area contributed by atoms with E-state index < -0.39 is 0 Å². The number of hydrogen-bond acceptors (Lipinski definition) is 2. The van der Waals surface area contributed by atoms with Crippen molar-refractivity contribution in [3.05, 3.63) is 22.6 Å². The molecule has 0 bridgehead atoms. The van der Waals surface area contributed by atoms with Crippen LogP contribution in [0.4, 0.5) is 0 Å². The van der Waals surface area contributed by atoms with Crippen molar-refractivity contribution in [2.24, 2.45) is 11.7 Å². The maximum absolute atomic E-state index is 5.76. The molecule has 1 atom stereocenters. The first kappa shape index (κ1) is 10.2.